The van der Waals surface area contributed by atoms with Crippen LogP contribution in [-0.4, -0.2) is 22.8 Å². The van der Waals surface area contributed by atoms with E-state index in [2.05, 4.69) is 0 Å². The molecule has 3 nitrogen and oxygen atoms in total. The van der Waals surface area contributed by atoms with Crippen LogP contribution in [0.1, 0.15) is 32.4 Å². The average molecular weight is 313 g/mol. The molecule has 0 aliphatic rings. The van der Waals surface area contributed by atoms with Gasteiger partial charge in [0, 0.05) is 12.1 Å². The van der Waals surface area contributed by atoms with Crippen molar-refractivity contribution in [1.82, 2.24) is 4.90 Å². The predicted octanol–water partition coefficient (Wildman–Crippen LogP) is 3.42. The fourth-order valence-electron chi connectivity index (χ4n) is 2.11. The second kappa shape index (κ2) is 7.04. The summed E-state index contributed by atoms with van der Waals surface area (Å²) in [4.78, 5) is 14.5. The van der Waals surface area contributed by atoms with Crippen molar-refractivity contribution in [2.45, 2.75) is 26.8 Å². The summed E-state index contributed by atoms with van der Waals surface area (Å²) in [5.41, 5.74) is 6.73. The number of carbonyl (C=O) groups is 1. The molecule has 5 heteroatoms. The van der Waals surface area contributed by atoms with Gasteiger partial charge in [0.05, 0.1) is 16.9 Å². The van der Waals surface area contributed by atoms with Crippen LogP contribution in [0.4, 0.5) is 0 Å². The largest absolute Gasteiger partial charge is 0.393 e. The number of benzene rings is 1. The molecule has 1 aromatic carbocycles. The van der Waals surface area contributed by atoms with Gasteiger partial charge in [-0.15, -0.1) is 0 Å². The Morgan fingerprint density at radius 1 is 1.25 bits per heavy atom. The Morgan fingerprint density at radius 3 is 2.15 bits per heavy atom. The topological polar surface area (TPSA) is 46.3 Å². The minimum absolute atomic E-state index is 0.0463. The first-order valence-electron chi connectivity index (χ1n) is 6.57. The molecule has 2 N–H and O–H groups in total. The molecule has 1 rings (SSSR count). The second-order valence-corrected chi connectivity index (χ2v) is 6.21. The van der Waals surface area contributed by atoms with Crippen molar-refractivity contribution in [3.63, 3.8) is 0 Å². The van der Waals surface area contributed by atoms with Crippen molar-refractivity contribution in [3.8, 4) is 0 Å². The molecule has 2 unspecified atom stereocenters. The van der Waals surface area contributed by atoms with Crippen molar-refractivity contribution in [3.05, 3.63) is 34.9 Å². The lowest BCUT2D eigenvalue weighted by Crippen LogP contribution is -2.42. The lowest BCUT2D eigenvalue weighted by Gasteiger charge is -2.30. The first-order valence-corrected chi connectivity index (χ1v) is 7.35. The number of hydrogen-bond donors (Lipinski definition) is 1. The first kappa shape index (κ1) is 16.9. The molecule has 0 spiro atoms. The monoisotopic (exact) mass is 312 g/mol. The van der Waals surface area contributed by atoms with Crippen LogP contribution in [0.5, 0.6) is 0 Å². The molecule has 0 saturated heterocycles. The third-order valence-corrected chi connectivity index (χ3v) is 4.03. The van der Waals surface area contributed by atoms with Crippen molar-refractivity contribution >= 4 is 34.7 Å². The highest BCUT2D eigenvalue weighted by molar-refractivity contribution is 7.80. The lowest BCUT2D eigenvalue weighted by atomic mass is 9.93. The molecule has 0 saturated carbocycles. The Labute approximate surface area is 131 Å². The quantitative estimate of drug-likeness (QED) is 0.847. The molecule has 1 aromatic rings. The summed E-state index contributed by atoms with van der Waals surface area (Å²) in [6, 6.07) is 7.41. The molecule has 0 fully saturated rings. The van der Waals surface area contributed by atoms with Crippen molar-refractivity contribution < 1.29 is 4.79 Å². The van der Waals surface area contributed by atoms with Gasteiger partial charge in [-0.2, -0.15) is 0 Å². The highest BCUT2D eigenvalue weighted by Gasteiger charge is 2.30. The van der Waals surface area contributed by atoms with Gasteiger partial charge in [-0.1, -0.05) is 49.8 Å². The number of nitrogens with zero attached hydrogens (tertiary/aromatic N) is 1. The second-order valence-electron chi connectivity index (χ2n) is 5.30. The normalized spacial score (nSPS) is 13.9. The van der Waals surface area contributed by atoms with Gasteiger partial charge in [-0.25, -0.2) is 0 Å². The van der Waals surface area contributed by atoms with Crippen LogP contribution in [0.2, 0.25) is 5.02 Å². The van der Waals surface area contributed by atoms with E-state index in [1.165, 1.54) is 0 Å². The highest BCUT2D eigenvalue weighted by Crippen LogP contribution is 2.24. The maximum atomic E-state index is 12.5. The molecule has 0 radical (unpaired) electrons. The molecule has 2 atom stereocenters. The zero-order chi connectivity index (χ0) is 15.4. The van der Waals surface area contributed by atoms with Crippen LogP contribution in [0.3, 0.4) is 0 Å². The zero-order valence-electron chi connectivity index (χ0n) is 12.3. The Hall–Kier alpha value is -1.13. The molecule has 0 aliphatic carbocycles. The van der Waals surface area contributed by atoms with Gasteiger partial charge in [0.25, 0.3) is 0 Å². The minimum Gasteiger partial charge on any atom is -0.393 e. The summed E-state index contributed by atoms with van der Waals surface area (Å²) in [5.74, 6) is -0.389. The third-order valence-electron chi connectivity index (χ3n) is 3.52. The Bertz CT molecular complexity index is 487. The van der Waals surface area contributed by atoms with Gasteiger partial charge in [0.2, 0.25) is 5.91 Å². The molecular formula is C15H21ClN2OS. The van der Waals surface area contributed by atoms with E-state index in [0.29, 0.717) is 5.02 Å². The highest BCUT2D eigenvalue weighted by atomic mass is 35.5. The van der Waals surface area contributed by atoms with Gasteiger partial charge in [-0.3, -0.25) is 4.79 Å². The number of rotatable bonds is 5. The summed E-state index contributed by atoms with van der Waals surface area (Å²) in [6.07, 6.45) is 0. The standard InChI is InChI=1S/C15H21ClN2OS/c1-9(2)13(14(17)20)15(19)18(4)10(3)11-5-7-12(16)8-6-11/h5-10,13H,1-4H3,(H2,17,20). The van der Waals surface area contributed by atoms with Gasteiger partial charge in [-0.05, 0) is 30.5 Å². The molecular weight excluding hydrogens is 292 g/mol. The fourth-order valence-corrected chi connectivity index (χ4v) is 2.61. The Morgan fingerprint density at radius 2 is 1.75 bits per heavy atom. The maximum absolute atomic E-state index is 12.5. The Balaban J connectivity index is 2.92. The molecule has 0 aliphatic heterocycles. The predicted molar refractivity (Wildman–Crippen MR) is 87.8 cm³/mol. The maximum Gasteiger partial charge on any atom is 0.233 e. The summed E-state index contributed by atoms with van der Waals surface area (Å²) in [5, 5.41) is 0.679. The number of hydrogen-bond acceptors (Lipinski definition) is 2. The van der Waals surface area contributed by atoms with Crippen LogP contribution in [0.15, 0.2) is 24.3 Å². The van der Waals surface area contributed by atoms with Gasteiger partial charge in [0.15, 0.2) is 0 Å². The summed E-state index contributed by atoms with van der Waals surface area (Å²) >= 11 is 10.9. The number of thiocarbonyl (C=S) groups is 1. The minimum atomic E-state index is -0.426. The molecule has 20 heavy (non-hydrogen) atoms. The number of nitrogens with two attached hydrogens (primary N) is 1. The average Bonchev–Trinajstić information content (AvgIpc) is 2.37. The smallest absolute Gasteiger partial charge is 0.233 e. The molecule has 110 valence electrons. The van der Waals surface area contributed by atoms with E-state index >= 15 is 0 Å². The van der Waals surface area contributed by atoms with Crippen LogP contribution < -0.4 is 5.73 Å². The van der Waals surface area contributed by atoms with E-state index in [1.807, 2.05) is 45.0 Å². The SMILES string of the molecule is CC(C)C(C(=O)N(C)C(C)c1ccc(Cl)cc1)C(N)=S. The van der Waals surface area contributed by atoms with Gasteiger partial charge >= 0.3 is 0 Å². The number of amides is 1. The molecule has 0 aromatic heterocycles. The Kier molecular flexibility index (Phi) is 5.96. The number of halogens is 1. The molecule has 1 amide bonds. The van der Waals surface area contributed by atoms with E-state index in [1.54, 1.807) is 11.9 Å². The van der Waals surface area contributed by atoms with Crippen molar-refractivity contribution in [2.24, 2.45) is 17.6 Å². The molecule has 0 heterocycles. The van der Waals surface area contributed by atoms with E-state index in [0.717, 1.165) is 5.56 Å². The van der Waals surface area contributed by atoms with Crippen LogP contribution in [-0.2, 0) is 4.79 Å². The van der Waals surface area contributed by atoms with Crippen molar-refractivity contribution in [2.75, 3.05) is 7.05 Å². The summed E-state index contributed by atoms with van der Waals surface area (Å²) < 4.78 is 0. The van der Waals surface area contributed by atoms with E-state index < -0.39 is 5.92 Å². The van der Waals surface area contributed by atoms with E-state index in [-0.39, 0.29) is 22.9 Å². The number of carbonyl (C=O) groups excluding carboxylic acids is 1. The zero-order valence-corrected chi connectivity index (χ0v) is 13.8. The fraction of sp³-hybridized carbons (Fsp3) is 0.467. The van der Waals surface area contributed by atoms with E-state index in [9.17, 15) is 4.79 Å². The summed E-state index contributed by atoms with van der Waals surface area (Å²) in [7, 11) is 1.77. The van der Waals surface area contributed by atoms with Gasteiger partial charge in [0.1, 0.15) is 0 Å². The van der Waals surface area contributed by atoms with Crippen LogP contribution in [0, 0.1) is 11.8 Å². The van der Waals surface area contributed by atoms with Crippen molar-refractivity contribution in [1.29, 1.82) is 0 Å². The summed E-state index contributed by atoms with van der Waals surface area (Å²) in [6.45, 7) is 5.86. The van der Waals surface area contributed by atoms with Gasteiger partial charge < -0.3 is 10.6 Å². The third kappa shape index (κ3) is 3.93. The molecule has 0 bridgehead atoms. The van der Waals surface area contributed by atoms with Crippen LogP contribution >= 0.6 is 23.8 Å². The van der Waals surface area contributed by atoms with E-state index in [4.69, 9.17) is 29.6 Å². The lowest BCUT2D eigenvalue weighted by molar-refractivity contribution is -0.135. The first-order chi connectivity index (χ1) is 9.25. The van der Waals surface area contributed by atoms with Crippen LogP contribution in [0.25, 0.3) is 0 Å².